The summed E-state index contributed by atoms with van der Waals surface area (Å²) in [5, 5.41) is 14.8. The summed E-state index contributed by atoms with van der Waals surface area (Å²) in [6.07, 6.45) is 1.51. The third-order valence-electron chi connectivity index (χ3n) is 4.23. The van der Waals surface area contributed by atoms with Gasteiger partial charge in [-0.15, -0.1) is 21.5 Å². The summed E-state index contributed by atoms with van der Waals surface area (Å²) in [4.78, 5) is 18.0. The van der Waals surface area contributed by atoms with Gasteiger partial charge in [0.25, 0.3) is 5.22 Å². The van der Waals surface area contributed by atoms with Gasteiger partial charge in [0.15, 0.2) is 5.13 Å². The molecule has 1 amide bonds. The van der Waals surface area contributed by atoms with Gasteiger partial charge in [0.1, 0.15) is 0 Å². The fraction of sp³-hybridized carbons (Fsp3) is 0.333. The molecule has 3 aromatic rings. The molecule has 2 aromatic heterocycles. The maximum atomic E-state index is 11.7. The van der Waals surface area contributed by atoms with Gasteiger partial charge in [0, 0.05) is 29.8 Å². The van der Waals surface area contributed by atoms with E-state index in [1.54, 1.807) is 16.2 Å². The van der Waals surface area contributed by atoms with Crippen LogP contribution in [0, 0.1) is 6.92 Å². The molecule has 1 N–H and O–H groups in total. The second-order valence-corrected chi connectivity index (χ2v) is 8.04. The number of nitrogens with zero attached hydrogens (tertiary/aromatic N) is 4. The third-order valence-corrected chi connectivity index (χ3v) is 5.89. The van der Waals surface area contributed by atoms with Crippen molar-refractivity contribution in [3.05, 3.63) is 46.8 Å². The summed E-state index contributed by atoms with van der Waals surface area (Å²) in [5.41, 5.74) is 3.19. The second-order valence-electron chi connectivity index (χ2n) is 6.25. The normalized spacial score (nSPS) is 14.1. The predicted octanol–water partition coefficient (Wildman–Crippen LogP) is 3.99. The summed E-state index contributed by atoms with van der Waals surface area (Å²) >= 11 is 3.02. The lowest BCUT2D eigenvalue weighted by molar-refractivity contribution is -0.128. The largest absolute Gasteiger partial charge is 0.414 e. The van der Waals surface area contributed by atoms with E-state index in [0.717, 1.165) is 29.5 Å². The Morgan fingerprint density at radius 3 is 3.04 bits per heavy atom. The molecule has 9 heteroatoms. The first-order valence-electron chi connectivity index (χ1n) is 8.67. The molecule has 1 aromatic carbocycles. The summed E-state index contributed by atoms with van der Waals surface area (Å²) in [7, 11) is 0. The first kappa shape index (κ1) is 18.0. The Morgan fingerprint density at radius 2 is 2.22 bits per heavy atom. The molecule has 3 heterocycles. The maximum absolute atomic E-state index is 11.7. The number of thioether (sulfide) groups is 1. The van der Waals surface area contributed by atoms with Crippen LogP contribution in [0.25, 0.3) is 0 Å². The molecule has 0 aliphatic carbocycles. The number of carbonyl (C=O) groups excluding carboxylic acids is 1. The van der Waals surface area contributed by atoms with Gasteiger partial charge in [0.2, 0.25) is 11.8 Å². The van der Waals surface area contributed by atoms with Crippen molar-refractivity contribution < 1.29 is 9.21 Å². The summed E-state index contributed by atoms with van der Waals surface area (Å²) in [6.45, 7) is 3.22. The van der Waals surface area contributed by atoms with Crippen LogP contribution in [0.3, 0.4) is 0 Å². The number of hydrogen-bond acceptors (Lipinski definition) is 8. The molecule has 0 saturated carbocycles. The van der Waals surface area contributed by atoms with E-state index in [9.17, 15) is 4.79 Å². The molecule has 0 radical (unpaired) electrons. The minimum Gasteiger partial charge on any atom is -0.414 e. The molecule has 1 fully saturated rings. The number of aryl methyl sites for hydroxylation is 1. The van der Waals surface area contributed by atoms with Crippen molar-refractivity contribution >= 4 is 39.8 Å². The first-order valence-corrected chi connectivity index (χ1v) is 10.5. The summed E-state index contributed by atoms with van der Waals surface area (Å²) in [6, 6.07) is 8.12. The molecular formula is C18H19N5O2S2. The molecule has 0 atom stereocenters. The highest BCUT2D eigenvalue weighted by molar-refractivity contribution is 7.98. The predicted molar refractivity (Wildman–Crippen MR) is 105 cm³/mol. The van der Waals surface area contributed by atoms with Gasteiger partial charge in [-0.05, 0) is 25.0 Å². The number of hydrogen-bond donors (Lipinski definition) is 1. The SMILES string of the molecule is Cc1ccccc1Nc1nc(CSc2nnc(CN3CCCC3=O)o2)cs1. The minimum atomic E-state index is 0.151. The zero-order valence-corrected chi connectivity index (χ0v) is 16.5. The minimum absolute atomic E-state index is 0.151. The number of likely N-dealkylation sites (tertiary alicyclic amines) is 1. The lowest BCUT2D eigenvalue weighted by atomic mass is 10.2. The van der Waals surface area contributed by atoms with Crippen LogP contribution in [0.1, 0.15) is 30.0 Å². The molecule has 0 spiro atoms. The van der Waals surface area contributed by atoms with E-state index in [4.69, 9.17) is 4.42 Å². The quantitative estimate of drug-likeness (QED) is 0.599. The lowest BCUT2D eigenvalue weighted by Crippen LogP contribution is -2.23. The van der Waals surface area contributed by atoms with Crippen molar-refractivity contribution in [2.45, 2.75) is 37.3 Å². The monoisotopic (exact) mass is 401 g/mol. The highest BCUT2D eigenvalue weighted by atomic mass is 32.2. The van der Waals surface area contributed by atoms with Crippen LogP contribution in [0.5, 0.6) is 0 Å². The van der Waals surface area contributed by atoms with Gasteiger partial charge >= 0.3 is 0 Å². The lowest BCUT2D eigenvalue weighted by Gasteiger charge is -2.11. The smallest absolute Gasteiger partial charge is 0.277 e. The van der Waals surface area contributed by atoms with Gasteiger partial charge in [0.05, 0.1) is 12.2 Å². The van der Waals surface area contributed by atoms with Crippen molar-refractivity contribution in [2.24, 2.45) is 0 Å². The van der Waals surface area contributed by atoms with Crippen LogP contribution in [0.2, 0.25) is 0 Å². The van der Waals surface area contributed by atoms with Gasteiger partial charge in [-0.1, -0.05) is 30.0 Å². The number of amides is 1. The van der Waals surface area contributed by atoms with Crippen LogP contribution >= 0.6 is 23.1 Å². The van der Waals surface area contributed by atoms with Gasteiger partial charge < -0.3 is 14.6 Å². The highest BCUT2D eigenvalue weighted by Gasteiger charge is 2.22. The van der Waals surface area contributed by atoms with Gasteiger partial charge in [-0.25, -0.2) is 4.98 Å². The molecule has 1 aliphatic heterocycles. The number of thiazole rings is 1. The van der Waals surface area contributed by atoms with Crippen molar-refractivity contribution in [3.8, 4) is 0 Å². The zero-order valence-electron chi connectivity index (χ0n) is 14.8. The average Bonchev–Trinajstić information content (AvgIpc) is 3.39. The third kappa shape index (κ3) is 4.48. The number of rotatable bonds is 7. The van der Waals surface area contributed by atoms with Crippen LogP contribution in [0.15, 0.2) is 39.3 Å². The van der Waals surface area contributed by atoms with Crippen LogP contribution in [0.4, 0.5) is 10.8 Å². The van der Waals surface area contributed by atoms with E-state index in [0.29, 0.717) is 29.8 Å². The molecule has 0 unspecified atom stereocenters. The number of benzene rings is 1. The van der Waals surface area contributed by atoms with Crippen LogP contribution in [-0.2, 0) is 17.1 Å². The van der Waals surface area contributed by atoms with E-state index in [1.807, 2.05) is 23.6 Å². The van der Waals surface area contributed by atoms with Crippen molar-refractivity contribution in [3.63, 3.8) is 0 Å². The van der Waals surface area contributed by atoms with Crippen molar-refractivity contribution in [2.75, 3.05) is 11.9 Å². The molecule has 1 saturated heterocycles. The number of anilines is 2. The van der Waals surface area contributed by atoms with Gasteiger partial charge in [-0.3, -0.25) is 4.79 Å². The molecule has 1 aliphatic rings. The van der Waals surface area contributed by atoms with E-state index in [1.165, 1.54) is 17.3 Å². The van der Waals surface area contributed by atoms with E-state index < -0.39 is 0 Å². The van der Waals surface area contributed by atoms with Crippen molar-refractivity contribution in [1.29, 1.82) is 0 Å². The fourth-order valence-corrected chi connectivity index (χ4v) is 4.29. The molecular weight excluding hydrogens is 382 g/mol. The fourth-order valence-electron chi connectivity index (χ4n) is 2.79. The Morgan fingerprint density at radius 1 is 1.33 bits per heavy atom. The number of nitrogens with one attached hydrogen (secondary N) is 1. The van der Waals surface area contributed by atoms with Crippen LogP contribution < -0.4 is 5.32 Å². The Labute approximate surface area is 165 Å². The Hall–Kier alpha value is -2.39. The second kappa shape index (κ2) is 8.10. The van der Waals surface area contributed by atoms with E-state index in [2.05, 4.69) is 33.5 Å². The molecule has 0 bridgehead atoms. The first-order chi connectivity index (χ1) is 13.2. The number of aromatic nitrogens is 3. The van der Waals surface area contributed by atoms with Crippen molar-refractivity contribution in [1.82, 2.24) is 20.1 Å². The number of para-hydroxylation sites is 1. The standard InChI is InChI=1S/C18H19N5O2S2/c1-12-5-2-3-6-14(12)20-17-19-13(10-26-17)11-27-18-22-21-15(25-18)9-23-8-4-7-16(23)24/h2-3,5-6,10H,4,7-9,11H2,1H3,(H,19,20). The zero-order chi connectivity index (χ0) is 18.6. The summed E-state index contributed by atoms with van der Waals surface area (Å²) < 4.78 is 5.64. The van der Waals surface area contributed by atoms with Gasteiger partial charge in [-0.2, -0.15) is 0 Å². The Kier molecular flexibility index (Phi) is 5.40. The molecule has 4 rings (SSSR count). The average molecular weight is 402 g/mol. The molecule has 7 nitrogen and oxygen atoms in total. The maximum Gasteiger partial charge on any atom is 0.277 e. The number of carbonyl (C=O) groups is 1. The highest BCUT2D eigenvalue weighted by Crippen LogP contribution is 2.27. The molecule has 140 valence electrons. The van der Waals surface area contributed by atoms with E-state index in [-0.39, 0.29) is 5.91 Å². The van der Waals surface area contributed by atoms with Crippen LogP contribution in [-0.4, -0.2) is 32.5 Å². The topological polar surface area (TPSA) is 84.2 Å². The summed E-state index contributed by atoms with van der Waals surface area (Å²) in [5.74, 6) is 1.28. The Balaban J connectivity index is 1.31. The Bertz CT molecular complexity index is 939. The molecule has 27 heavy (non-hydrogen) atoms. The van der Waals surface area contributed by atoms with E-state index >= 15 is 0 Å².